The van der Waals surface area contributed by atoms with Crippen LogP contribution in [0.3, 0.4) is 0 Å². The van der Waals surface area contributed by atoms with E-state index in [0.717, 1.165) is 4.90 Å². The van der Waals surface area contributed by atoms with E-state index < -0.39 is 41.6 Å². The molecule has 2 aliphatic rings. The van der Waals surface area contributed by atoms with Crippen LogP contribution in [0.1, 0.15) is 13.3 Å². The Bertz CT molecular complexity index is 899. The van der Waals surface area contributed by atoms with Gasteiger partial charge in [-0.3, -0.25) is 24.1 Å². The first-order valence-electron chi connectivity index (χ1n) is 8.33. The number of ketones is 1. The standard InChI is InChI=1S/C15H16N6O7S/c1-7(22)2-10(24)28-4-8-5-29-14-11(13(25)21(14)12(8)15(26)27)17-9(23)3-20-6-16-18-19-20/h6,11,14H,2-5H2,1H3,(H,17,23)(H,26,27)/t11-,14-/m1/s1. The van der Waals surface area contributed by atoms with Crippen molar-refractivity contribution in [3.05, 3.63) is 17.6 Å². The Balaban J connectivity index is 1.66. The molecule has 1 aromatic heterocycles. The fourth-order valence-corrected chi connectivity index (χ4v) is 4.16. The van der Waals surface area contributed by atoms with Gasteiger partial charge >= 0.3 is 11.9 Å². The number of thioether (sulfide) groups is 1. The molecule has 0 aliphatic carbocycles. The van der Waals surface area contributed by atoms with Crippen molar-refractivity contribution in [3.63, 3.8) is 0 Å². The first-order chi connectivity index (χ1) is 13.8. The summed E-state index contributed by atoms with van der Waals surface area (Å²) in [6, 6.07) is -0.889. The fraction of sp³-hybridized carbons (Fsp3) is 0.467. The lowest BCUT2D eigenvalue weighted by Gasteiger charge is -2.49. The number of β-lactam (4-membered cyclic amide) rings is 1. The molecule has 2 aliphatic heterocycles. The van der Waals surface area contributed by atoms with E-state index in [2.05, 4.69) is 20.8 Å². The highest BCUT2D eigenvalue weighted by Crippen LogP contribution is 2.40. The Morgan fingerprint density at radius 1 is 1.38 bits per heavy atom. The van der Waals surface area contributed by atoms with E-state index >= 15 is 0 Å². The van der Waals surface area contributed by atoms with Gasteiger partial charge < -0.3 is 15.2 Å². The first kappa shape index (κ1) is 20.4. The monoisotopic (exact) mass is 424 g/mol. The molecule has 0 bridgehead atoms. The number of Topliss-reactive ketones (excluding diaryl/α,β-unsaturated/α-hetero) is 1. The summed E-state index contributed by atoms with van der Waals surface area (Å²) in [5.41, 5.74) is -0.0391. The summed E-state index contributed by atoms with van der Waals surface area (Å²) in [5, 5.41) is 21.8. The zero-order valence-electron chi connectivity index (χ0n) is 15.1. The zero-order valence-corrected chi connectivity index (χ0v) is 15.9. The van der Waals surface area contributed by atoms with Gasteiger partial charge in [0.15, 0.2) is 0 Å². The maximum atomic E-state index is 12.5. The van der Waals surface area contributed by atoms with E-state index in [1.807, 2.05) is 0 Å². The lowest BCUT2D eigenvalue weighted by molar-refractivity contribution is -0.151. The second-order valence-corrected chi connectivity index (χ2v) is 7.36. The van der Waals surface area contributed by atoms with Crippen molar-refractivity contribution in [3.8, 4) is 0 Å². The molecule has 3 rings (SSSR count). The average Bonchev–Trinajstić information content (AvgIpc) is 3.15. The molecule has 0 aromatic carbocycles. The average molecular weight is 424 g/mol. The Morgan fingerprint density at radius 3 is 2.76 bits per heavy atom. The van der Waals surface area contributed by atoms with Crippen LogP contribution in [0.5, 0.6) is 0 Å². The van der Waals surface area contributed by atoms with Crippen LogP contribution in [0, 0.1) is 0 Å². The van der Waals surface area contributed by atoms with E-state index in [1.54, 1.807) is 0 Å². The van der Waals surface area contributed by atoms with E-state index in [0.29, 0.717) is 0 Å². The second kappa shape index (κ2) is 8.38. The summed E-state index contributed by atoms with van der Waals surface area (Å²) >= 11 is 1.23. The Hall–Kier alpha value is -3.29. The van der Waals surface area contributed by atoms with Crippen molar-refractivity contribution in [2.45, 2.75) is 31.3 Å². The highest BCUT2D eigenvalue weighted by atomic mass is 32.2. The number of ether oxygens (including phenoxy) is 1. The molecule has 0 unspecified atom stereocenters. The molecule has 0 spiro atoms. The normalized spacial score (nSPS) is 20.6. The molecule has 0 saturated carbocycles. The number of hydrogen-bond acceptors (Lipinski definition) is 10. The minimum atomic E-state index is -1.35. The number of carboxylic acid groups (broad SMARTS) is 1. The number of aliphatic carboxylic acids is 1. The minimum absolute atomic E-state index is 0.183. The van der Waals surface area contributed by atoms with Gasteiger partial charge in [-0.1, -0.05) is 0 Å². The largest absolute Gasteiger partial charge is 0.477 e. The molecular weight excluding hydrogens is 408 g/mol. The number of fused-ring (bicyclic) bond motifs is 1. The van der Waals surface area contributed by atoms with Gasteiger partial charge in [0.2, 0.25) is 5.91 Å². The third kappa shape index (κ3) is 4.42. The smallest absolute Gasteiger partial charge is 0.352 e. The molecule has 1 saturated heterocycles. The molecule has 14 heteroatoms. The van der Waals surface area contributed by atoms with Crippen LogP contribution in [0.25, 0.3) is 0 Å². The predicted molar refractivity (Wildman–Crippen MR) is 93.8 cm³/mol. The number of rotatable bonds is 8. The van der Waals surface area contributed by atoms with Crippen molar-refractivity contribution < 1.29 is 33.8 Å². The summed E-state index contributed by atoms with van der Waals surface area (Å²) in [4.78, 5) is 59.8. The summed E-state index contributed by atoms with van der Waals surface area (Å²) in [7, 11) is 0. The first-order valence-corrected chi connectivity index (χ1v) is 9.38. The summed E-state index contributed by atoms with van der Waals surface area (Å²) < 4.78 is 6.12. The quantitative estimate of drug-likeness (QED) is 0.267. The molecule has 13 nitrogen and oxygen atoms in total. The van der Waals surface area contributed by atoms with E-state index in [4.69, 9.17) is 4.74 Å². The predicted octanol–water partition coefficient (Wildman–Crippen LogP) is -2.07. The fourth-order valence-electron chi connectivity index (χ4n) is 2.84. The van der Waals surface area contributed by atoms with Crippen molar-refractivity contribution in [2.75, 3.05) is 12.4 Å². The molecule has 29 heavy (non-hydrogen) atoms. The van der Waals surface area contributed by atoms with Crippen LogP contribution in [0.2, 0.25) is 0 Å². The van der Waals surface area contributed by atoms with Crippen LogP contribution < -0.4 is 5.32 Å². The SMILES string of the molecule is CC(=O)CC(=O)OCC1=C(C(=O)O)N2C(=O)[C@@H](NC(=O)Cn3cnnn3)[C@H]2SC1. The number of nitrogens with one attached hydrogen (secondary N) is 1. The Labute approximate surface area is 167 Å². The molecule has 1 fully saturated rings. The van der Waals surface area contributed by atoms with Gasteiger partial charge in [0, 0.05) is 11.3 Å². The third-order valence-corrected chi connectivity index (χ3v) is 5.40. The van der Waals surface area contributed by atoms with Crippen LogP contribution in [0.15, 0.2) is 17.6 Å². The van der Waals surface area contributed by atoms with Gasteiger partial charge in [-0.2, -0.15) is 0 Å². The van der Waals surface area contributed by atoms with Crippen molar-refractivity contribution in [1.29, 1.82) is 0 Å². The number of esters is 1. The van der Waals surface area contributed by atoms with E-state index in [1.165, 1.54) is 29.7 Å². The van der Waals surface area contributed by atoms with Crippen LogP contribution in [-0.4, -0.2) is 83.5 Å². The second-order valence-electron chi connectivity index (χ2n) is 6.26. The summed E-state index contributed by atoms with van der Waals surface area (Å²) in [6.07, 6.45) is 0.832. The lowest BCUT2D eigenvalue weighted by atomic mass is 10.0. The molecular formula is C15H16N6O7S. The van der Waals surface area contributed by atoms with E-state index in [-0.39, 0.29) is 36.0 Å². The molecule has 1 aromatic rings. The Morgan fingerprint density at radius 2 is 2.14 bits per heavy atom. The number of amides is 2. The molecule has 2 amide bonds. The maximum Gasteiger partial charge on any atom is 0.352 e. The third-order valence-electron chi connectivity index (χ3n) is 4.06. The molecule has 154 valence electrons. The molecule has 2 atom stereocenters. The molecule has 0 radical (unpaired) electrons. The van der Waals surface area contributed by atoms with Crippen molar-refractivity contribution >= 4 is 41.3 Å². The number of hydrogen-bond donors (Lipinski definition) is 2. The van der Waals surface area contributed by atoms with Crippen LogP contribution in [-0.2, 0) is 35.3 Å². The van der Waals surface area contributed by atoms with Gasteiger partial charge in [0.1, 0.15) is 48.8 Å². The van der Waals surface area contributed by atoms with Gasteiger partial charge in [0.05, 0.1) is 0 Å². The minimum Gasteiger partial charge on any atom is -0.477 e. The number of carboxylic acids is 1. The van der Waals surface area contributed by atoms with Crippen molar-refractivity contribution in [1.82, 2.24) is 30.4 Å². The topological polar surface area (TPSA) is 174 Å². The highest BCUT2D eigenvalue weighted by Gasteiger charge is 2.54. The number of aromatic nitrogens is 4. The number of carbonyl (C=O) groups is 5. The maximum absolute atomic E-state index is 12.5. The summed E-state index contributed by atoms with van der Waals surface area (Å²) in [6.45, 7) is 0.706. The lowest BCUT2D eigenvalue weighted by Crippen LogP contribution is -2.70. The Kier molecular flexibility index (Phi) is 5.91. The summed E-state index contributed by atoms with van der Waals surface area (Å²) in [5.74, 6) is -3.40. The van der Waals surface area contributed by atoms with Gasteiger partial charge in [-0.15, -0.1) is 16.9 Å². The van der Waals surface area contributed by atoms with E-state index in [9.17, 15) is 29.1 Å². The zero-order chi connectivity index (χ0) is 21.1. The molecule has 2 N–H and O–H groups in total. The van der Waals surface area contributed by atoms with Gasteiger partial charge in [-0.25, -0.2) is 9.48 Å². The highest BCUT2D eigenvalue weighted by molar-refractivity contribution is 8.00. The van der Waals surface area contributed by atoms with Gasteiger partial charge in [0.25, 0.3) is 5.91 Å². The molecule has 3 heterocycles. The number of tetrazole rings is 1. The van der Waals surface area contributed by atoms with Crippen LogP contribution in [0.4, 0.5) is 0 Å². The number of carbonyl (C=O) groups excluding carboxylic acids is 4. The van der Waals surface area contributed by atoms with Crippen molar-refractivity contribution in [2.24, 2.45) is 0 Å². The van der Waals surface area contributed by atoms with Gasteiger partial charge in [-0.05, 0) is 17.4 Å². The number of nitrogens with zero attached hydrogens (tertiary/aromatic N) is 5. The van der Waals surface area contributed by atoms with Crippen LogP contribution >= 0.6 is 11.8 Å².